The molecule has 3 nitrogen and oxygen atoms in total. The minimum absolute atomic E-state index is 0.00574. The van der Waals surface area contributed by atoms with Gasteiger partial charge in [0.25, 0.3) is 0 Å². The van der Waals surface area contributed by atoms with Crippen molar-refractivity contribution in [2.24, 2.45) is 5.73 Å². The van der Waals surface area contributed by atoms with Crippen LogP contribution < -0.4 is 5.73 Å². The molecule has 0 heterocycles. The second-order valence-corrected chi connectivity index (χ2v) is 2.70. The first-order chi connectivity index (χ1) is 6.13. The zero-order chi connectivity index (χ0) is 9.84. The van der Waals surface area contributed by atoms with Crippen LogP contribution in [-0.4, -0.2) is 11.0 Å². The summed E-state index contributed by atoms with van der Waals surface area (Å²) in [6.07, 6.45) is -1.00. The predicted octanol–water partition coefficient (Wildman–Crippen LogP) is 0.762. The maximum Gasteiger partial charge on any atom is 0.247 e. The van der Waals surface area contributed by atoms with Gasteiger partial charge in [-0.25, -0.2) is 0 Å². The standard InChI is InChI=1S/C10H11NO2/c1-7(10(11)13)9(12)8-5-3-2-4-6-8/h2-6,9,12H,1H2,(H2,11,13)/t9-/m1/s1. The van der Waals surface area contributed by atoms with Gasteiger partial charge in [-0.1, -0.05) is 36.9 Å². The topological polar surface area (TPSA) is 63.3 Å². The van der Waals surface area contributed by atoms with Crippen LogP contribution >= 0.6 is 0 Å². The molecule has 0 saturated heterocycles. The Hall–Kier alpha value is -1.61. The SMILES string of the molecule is C=C(C(N)=O)[C@@H](O)c1ccccc1. The summed E-state index contributed by atoms with van der Waals surface area (Å²) in [5.41, 5.74) is 5.60. The molecule has 0 aliphatic heterocycles. The number of primary amides is 1. The minimum atomic E-state index is -1.00. The number of benzene rings is 1. The van der Waals surface area contributed by atoms with Gasteiger partial charge in [0.05, 0.1) is 0 Å². The van der Waals surface area contributed by atoms with Gasteiger partial charge in [-0.3, -0.25) is 4.79 Å². The smallest absolute Gasteiger partial charge is 0.247 e. The summed E-state index contributed by atoms with van der Waals surface area (Å²) in [4.78, 5) is 10.7. The third kappa shape index (κ3) is 2.16. The molecular weight excluding hydrogens is 166 g/mol. The zero-order valence-electron chi connectivity index (χ0n) is 7.10. The third-order valence-corrected chi connectivity index (χ3v) is 1.76. The van der Waals surface area contributed by atoms with Gasteiger partial charge in [0.1, 0.15) is 6.10 Å². The van der Waals surface area contributed by atoms with Gasteiger partial charge in [-0.15, -0.1) is 0 Å². The molecule has 0 bridgehead atoms. The van der Waals surface area contributed by atoms with E-state index in [0.29, 0.717) is 5.56 Å². The molecule has 0 aliphatic rings. The molecule has 1 aromatic carbocycles. The molecule has 0 radical (unpaired) electrons. The van der Waals surface area contributed by atoms with Crippen LogP contribution in [0, 0.1) is 0 Å². The molecule has 3 N–H and O–H groups in total. The summed E-state index contributed by atoms with van der Waals surface area (Å²) in [5.74, 6) is -0.684. The summed E-state index contributed by atoms with van der Waals surface area (Å²) >= 11 is 0. The summed E-state index contributed by atoms with van der Waals surface area (Å²) in [5, 5.41) is 9.56. The fourth-order valence-corrected chi connectivity index (χ4v) is 0.971. The molecule has 0 fully saturated rings. The highest BCUT2D eigenvalue weighted by Gasteiger charge is 2.14. The average Bonchev–Trinajstić information content (AvgIpc) is 2.17. The van der Waals surface area contributed by atoms with Crippen molar-refractivity contribution in [1.82, 2.24) is 0 Å². The first-order valence-electron chi connectivity index (χ1n) is 3.84. The number of nitrogens with two attached hydrogens (primary N) is 1. The van der Waals surface area contributed by atoms with E-state index in [1.54, 1.807) is 24.3 Å². The lowest BCUT2D eigenvalue weighted by Gasteiger charge is -2.10. The molecule has 3 heteroatoms. The Balaban J connectivity index is 2.86. The highest BCUT2D eigenvalue weighted by atomic mass is 16.3. The van der Waals surface area contributed by atoms with E-state index in [9.17, 15) is 9.90 Å². The van der Waals surface area contributed by atoms with Crippen LogP contribution in [0.3, 0.4) is 0 Å². The molecule has 0 saturated carbocycles. The summed E-state index contributed by atoms with van der Waals surface area (Å²) < 4.78 is 0. The Morgan fingerprint density at radius 1 is 1.38 bits per heavy atom. The second kappa shape index (κ2) is 3.87. The van der Waals surface area contributed by atoms with Crippen LogP contribution in [0.25, 0.3) is 0 Å². The molecule has 0 aromatic heterocycles. The van der Waals surface area contributed by atoms with E-state index >= 15 is 0 Å². The van der Waals surface area contributed by atoms with E-state index in [0.717, 1.165) is 0 Å². The highest BCUT2D eigenvalue weighted by Crippen LogP contribution is 2.18. The lowest BCUT2D eigenvalue weighted by Crippen LogP contribution is -2.18. The van der Waals surface area contributed by atoms with Crippen LogP contribution in [0.5, 0.6) is 0 Å². The van der Waals surface area contributed by atoms with Crippen molar-refractivity contribution in [3.05, 3.63) is 48.0 Å². The normalized spacial score (nSPS) is 12.1. The van der Waals surface area contributed by atoms with Gasteiger partial charge in [0.2, 0.25) is 5.91 Å². The van der Waals surface area contributed by atoms with Crippen molar-refractivity contribution < 1.29 is 9.90 Å². The molecule has 1 atom stereocenters. The molecule has 0 spiro atoms. The van der Waals surface area contributed by atoms with Crippen LogP contribution in [-0.2, 0) is 4.79 Å². The number of carbonyl (C=O) groups excluding carboxylic acids is 1. The van der Waals surface area contributed by atoms with E-state index in [2.05, 4.69) is 6.58 Å². The van der Waals surface area contributed by atoms with E-state index in [4.69, 9.17) is 5.73 Å². The Labute approximate surface area is 76.5 Å². The molecule has 0 unspecified atom stereocenters. The maximum absolute atomic E-state index is 10.7. The third-order valence-electron chi connectivity index (χ3n) is 1.76. The Morgan fingerprint density at radius 3 is 2.38 bits per heavy atom. The largest absolute Gasteiger partial charge is 0.383 e. The minimum Gasteiger partial charge on any atom is -0.383 e. The zero-order valence-corrected chi connectivity index (χ0v) is 7.10. The van der Waals surface area contributed by atoms with Crippen molar-refractivity contribution in [2.45, 2.75) is 6.10 Å². The van der Waals surface area contributed by atoms with E-state index in [1.807, 2.05) is 6.07 Å². The summed E-state index contributed by atoms with van der Waals surface area (Å²) in [6, 6.07) is 8.78. The first-order valence-corrected chi connectivity index (χ1v) is 3.84. The number of hydrogen-bond acceptors (Lipinski definition) is 2. The predicted molar refractivity (Wildman–Crippen MR) is 49.7 cm³/mol. The number of aliphatic hydroxyl groups is 1. The number of carbonyl (C=O) groups is 1. The lowest BCUT2D eigenvalue weighted by molar-refractivity contribution is -0.115. The first kappa shape index (κ1) is 9.48. The molecule has 1 amide bonds. The van der Waals surface area contributed by atoms with Gasteiger partial charge in [0.15, 0.2) is 0 Å². The van der Waals surface area contributed by atoms with Crippen molar-refractivity contribution in [2.75, 3.05) is 0 Å². The highest BCUT2D eigenvalue weighted by molar-refractivity contribution is 5.92. The Morgan fingerprint density at radius 2 is 1.92 bits per heavy atom. The van der Waals surface area contributed by atoms with Crippen LogP contribution in [0.15, 0.2) is 42.5 Å². The summed E-state index contributed by atoms with van der Waals surface area (Å²) in [6.45, 7) is 3.41. The molecular formula is C10H11NO2. The van der Waals surface area contributed by atoms with Gasteiger partial charge in [0, 0.05) is 5.57 Å². The van der Waals surface area contributed by atoms with Crippen molar-refractivity contribution in [3.63, 3.8) is 0 Å². The van der Waals surface area contributed by atoms with Crippen LogP contribution in [0.4, 0.5) is 0 Å². The Kier molecular flexibility index (Phi) is 2.82. The van der Waals surface area contributed by atoms with E-state index in [-0.39, 0.29) is 5.57 Å². The van der Waals surface area contributed by atoms with Gasteiger partial charge < -0.3 is 10.8 Å². The van der Waals surface area contributed by atoms with E-state index in [1.165, 1.54) is 0 Å². The number of amides is 1. The fourth-order valence-electron chi connectivity index (χ4n) is 0.971. The Bertz CT molecular complexity index is 319. The lowest BCUT2D eigenvalue weighted by atomic mass is 10.0. The monoisotopic (exact) mass is 177 g/mol. The van der Waals surface area contributed by atoms with Gasteiger partial charge in [-0.2, -0.15) is 0 Å². The summed E-state index contributed by atoms with van der Waals surface area (Å²) in [7, 11) is 0. The quantitative estimate of drug-likeness (QED) is 0.669. The van der Waals surface area contributed by atoms with E-state index < -0.39 is 12.0 Å². The fraction of sp³-hybridized carbons (Fsp3) is 0.100. The molecule has 1 aromatic rings. The number of rotatable bonds is 3. The number of aliphatic hydroxyl groups excluding tert-OH is 1. The molecule has 13 heavy (non-hydrogen) atoms. The van der Waals surface area contributed by atoms with Gasteiger partial charge >= 0.3 is 0 Å². The number of hydrogen-bond donors (Lipinski definition) is 2. The second-order valence-electron chi connectivity index (χ2n) is 2.70. The molecule has 1 rings (SSSR count). The average molecular weight is 177 g/mol. The van der Waals surface area contributed by atoms with Crippen molar-refractivity contribution in [1.29, 1.82) is 0 Å². The van der Waals surface area contributed by atoms with Gasteiger partial charge in [-0.05, 0) is 5.56 Å². The van der Waals surface area contributed by atoms with Crippen LogP contribution in [0.2, 0.25) is 0 Å². The van der Waals surface area contributed by atoms with Crippen molar-refractivity contribution in [3.8, 4) is 0 Å². The molecule has 68 valence electrons. The van der Waals surface area contributed by atoms with Crippen molar-refractivity contribution >= 4 is 5.91 Å². The van der Waals surface area contributed by atoms with Crippen LogP contribution in [0.1, 0.15) is 11.7 Å². The maximum atomic E-state index is 10.7. The molecule has 0 aliphatic carbocycles.